The van der Waals surface area contributed by atoms with Crippen molar-refractivity contribution in [3.8, 4) is 0 Å². The maximum absolute atomic E-state index is 8.40. The standard InChI is InChI=1S/C10H21N3O3/c1-15-8-6-13(7-9(8)16-2)5-3-4-10(11)12-14/h8-9,14H,3-7H2,1-2H3,(H2,11,12). The predicted octanol–water partition coefficient (Wildman–Crippen LogP) is -0.141. The molecule has 3 N–H and O–H groups in total. The van der Waals surface area contributed by atoms with Crippen LogP contribution in [0.2, 0.25) is 0 Å². The van der Waals surface area contributed by atoms with Gasteiger partial charge in [-0.05, 0) is 13.0 Å². The molecule has 0 amide bonds. The number of nitrogens with zero attached hydrogens (tertiary/aromatic N) is 2. The van der Waals surface area contributed by atoms with Crippen LogP contribution in [-0.4, -0.2) is 62.0 Å². The van der Waals surface area contributed by atoms with Gasteiger partial charge in [0.25, 0.3) is 0 Å². The Morgan fingerprint density at radius 3 is 2.38 bits per heavy atom. The maximum Gasteiger partial charge on any atom is 0.139 e. The van der Waals surface area contributed by atoms with Crippen LogP contribution in [0.15, 0.2) is 5.16 Å². The van der Waals surface area contributed by atoms with E-state index in [1.807, 2.05) is 0 Å². The van der Waals surface area contributed by atoms with Gasteiger partial charge in [0, 0.05) is 33.7 Å². The summed E-state index contributed by atoms with van der Waals surface area (Å²) in [7, 11) is 3.41. The highest BCUT2D eigenvalue weighted by molar-refractivity contribution is 5.79. The molecule has 16 heavy (non-hydrogen) atoms. The number of likely N-dealkylation sites (tertiary alicyclic amines) is 1. The highest BCUT2D eigenvalue weighted by atomic mass is 16.5. The normalized spacial score (nSPS) is 27.5. The lowest BCUT2D eigenvalue weighted by molar-refractivity contribution is -0.00461. The molecular weight excluding hydrogens is 210 g/mol. The van der Waals surface area contributed by atoms with Gasteiger partial charge < -0.3 is 20.4 Å². The topological polar surface area (TPSA) is 80.3 Å². The highest BCUT2D eigenvalue weighted by Crippen LogP contribution is 2.15. The van der Waals surface area contributed by atoms with Crippen LogP contribution in [0.5, 0.6) is 0 Å². The van der Waals surface area contributed by atoms with Crippen LogP contribution in [-0.2, 0) is 9.47 Å². The minimum absolute atomic E-state index is 0.147. The Morgan fingerprint density at radius 1 is 1.38 bits per heavy atom. The van der Waals surface area contributed by atoms with Crippen LogP contribution < -0.4 is 5.73 Å². The molecule has 94 valence electrons. The number of hydrogen-bond acceptors (Lipinski definition) is 5. The molecule has 0 aromatic heterocycles. The number of amidine groups is 1. The summed E-state index contributed by atoms with van der Waals surface area (Å²) in [5.74, 6) is 0.283. The van der Waals surface area contributed by atoms with Crippen LogP contribution in [0, 0.1) is 0 Å². The van der Waals surface area contributed by atoms with Gasteiger partial charge in [0.05, 0.1) is 12.2 Å². The van der Waals surface area contributed by atoms with Crippen molar-refractivity contribution in [2.45, 2.75) is 25.0 Å². The van der Waals surface area contributed by atoms with E-state index in [2.05, 4.69) is 10.1 Å². The summed E-state index contributed by atoms with van der Waals surface area (Å²) < 4.78 is 10.7. The number of oxime groups is 1. The van der Waals surface area contributed by atoms with Crippen molar-refractivity contribution < 1.29 is 14.7 Å². The second-order valence-corrected chi connectivity index (χ2v) is 4.00. The molecule has 2 unspecified atom stereocenters. The Morgan fingerprint density at radius 2 is 1.94 bits per heavy atom. The van der Waals surface area contributed by atoms with Gasteiger partial charge in [-0.25, -0.2) is 0 Å². The lowest BCUT2D eigenvalue weighted by Crippen LogP contribution is -2.27. The summed E-state index contributed by atoms with van der Waals surface area (Å²) in [6.45, 7) is 2.67. The van der Waals surface area contributed by atoms with Crippen LogP contribution in [0.3, 0.4) is 0 Å². The molecule has 1 aliphatic heterocycles. The van der Waals surface area contributed by atoms with E-state index in [0.29, 0.717) is 6.42 Å². The molecule has 1 rings (SSSR count). The minimum atomic E-state index is 0.147. The number of ether oxygens (including phenoxy) is 2. The third kappa shape index (κ3) is 3.62. The van der Waals surface area contributed by atoms with Crippen molar-refractivity contribution in [2.24, 2.45) is 10.9 Å². The van der Waals surface area contributed by atoms with E-state index in [4.69, 9.17) is 20.4 Å². The smallest absolute Gasteiger partial charge is 0.139 e. The Hall–Kier alpha value is -0.850. The van der Waals surface area contributed by atoms with E-state index < -0.39 is 0 Å². The lowest BCUT2D eigenvalue weighted by Gasteiger charge is -2.14. The molecule has 6 nitrogen and oxygen atoms in total. The van der Waals surface area contributed by atoms with Crippen LogP contribution in [0.1, 0.15) is 12.8 Å². The SMILES string of the molecule is COC1CN(CCCC(N)=NO)CC1OC. The molecule has 1 heterocycles. The van der Waals surface area contributed by atoms with E-state index in [9.17, 15) is 0 Å². The van der Waals surface area contributed by atoms with Gasteiger partial charge >= 0.3 is 0 Å². The first-order valence-corrected chi connectivity index (χ1v) is 5.45. The molecule has 6 heteroatoms. The Kier molecular flexibility index (Phi) is 5.51. The van der Waals surface area contributed by atoms with Gasteiger partial charge in [-0.1, -0.05) is 5.16 Å². The van der Waals surface area contributed by atoms with E-state index in [1.54, 1.807) is 14.2 Å². The van der Waals surface area contributed by atoms with E-state index in [0.717, 1.165) is 26.1 Å². The maximum atomic E-state index is 8.40. The van der Waals surface area contributed by atoms with Crippen molar-refractivity contribution >= 4 is 5.84 Å². The Balaban J connectivity index is 2.24. The van der Waals surface area contributed by atoms with Crippen LogP contribution in [0.25, 0.3) is 0 Å². The third-order valence-corrected chi connectivity index (χ3v) is 2.93. The first-order chi connectivity index (χ1) is 7.71. The number of methoxy groups -OCH3 is 2. The Bertz CT molecular complexity index is 223. The number of nitrogens with two attached hydrogens (primary N) is 1. The first-order valence-electron chi connectivity index (χ1n) is 5.45. The number of rotatable bonds is 6. The fourth-order valence-electron chi connectivity index (χ4n) is 1.99. The fraction of sp³-hybridized carbons (Fsp3) is 0.900. The molecule has 2 atom stereocenters. The monoisotopic (exact) mass is 231 g/mol. The lowest BCUT2D eigenvalue weighted by atomic mass is 10.3. The van der Waals surface area contributed by atoms with E-state index >= 15 is 0 Å². The molecule has 0 aromatic rings. The average molecular weight is 231 g/mol. The van der Waals surface area contributed by atoms with Crippen molar-refractivity contribution in [3.05, 3.63) is 0 Å². The predicted molar refractivity (Wildman–Crippen MR) is 60.7 cm³/mol. The highest BCUT2D eigenvalue weighted by Gasteiger charge is 2.32. The van der Waals surface area contributed by atoms with Crippen molar-refractivity contribution in [3.63, 3.8) is 0 Å². The molecule has 0 bridgehead atoms. The zero-order valence-corrected chi connectivity index (χ0v) is 9.93. The van der Waals surface area contributed by atoms with E-state index in [-0.39, 0.29) is 18.0 Å². The number of hydrogen-bond donors (Lipinski definition) is 2. The molecule has 1 fully saturated rings. The Labute approximate surface area is 96.0 Å². The van der Waals surface area contributed by atoms with E-state index in [1.165, 1.54) is 0 Å². The fourth-order valence-corrected chi connectivity index (χ4v) is 1.99. The summed E-state index contributed by atoms with van der Waals surface area (Å²) in [6, 6.07) is 0. The van der Waals surface area contributed by atoms with Crippen molar-refractivity contribution in [2.75, 3.05) is 33.9 Å². The summed E-state index contributed by atoms with van der Waals surface area (Å²) in [5.41, 5.74) is 5.40. The summed E-state index contributed by atoms with van der Waals surface area (Å²) in [6.07, 6.45) is 1.79. The zero-order chi connectivity index (χ0) is 12.0. The quantitative estimate of drug-likeness (QED) is 0.288. The molecule has 0 saturated carbocycles. The van der Waals surface area contributed by atoms with Crippen molar-refractivity contribution in [1.29, 1.82) is 0 Å². The van der Waals surface area contributed by atoms with Gasteiger partial charge in [0.1, 0.15) is 5.84 Å². The van der Waals surface area contributed by atoms with Gasteiger partial charge in [0.2, 0.25) is 0 Å². The van der Waals surface area contributed by atoms with Crippen LogP contribution >= 0.6 is 0 Å². The minimum Gasteiger partial charge on any atom is -0.409 e. The van der Waals surface area contributed by atoms with Gasteiger partial charge in [0.15, 0.2) is 0 Å². The molecule has 0 aromatic carbocycles. The molecule has 0 radical (unpaired) electrons. The molecule has 1 aliphatic rings. The van der Waals surface area contributed by atoms with Crippen LogP contribution in [0.4, 0.5) is 0 Å². The second-order valence-electron chi connectivity index (χ2n) is 4.00. The summed E-state index contributed by atoms with van der Waals surface area (Å²) in [5, 5.41) is 11.3. The zero-order valence-electron chi connectivity index (χ0n) is 9.93. The molecule has 0 spiro atoms. The summed E-state index contributed by atoms with van der Waals surface area (Å²) in [4.78, 5) is 2.27. The third-order valence-electron chi connectivity index (χ3n) is 2.93. The van der Waals surface area contributed by atoms with Gasteiger partial charge in [-0.3, -0.25) is 4.90 Å². The van der Waals surface area contributed by atoms with Gasteiger partial charge in [-0.15, -0.1) is 0 Å². The molecular formula is C10H21N3O3. The second kappa shape index (κ2) is 6.67. The largest absolute Gasteiger partial charge is 0.409 e. The average Bonchev–Trinajstić information content (AvgIpc) is 2.71. The molecule has 0 aliphatic carbocycles. The van der Waals surface area contributed by atoms with Gasteiger partial charge in [-0.2, -0.15) is 0 Å². The summed E-state index contributed by atoms with van der Waals surface area (Å²) >= 11 is 0. The first kappa shape index (κ1) is 13.2. The van der Waals surface area contributed by atoms with Crippen molar-refractivity contribution in [1.82, 2.24) is 4.90 Å². The molecule has 1 saturated heterocycles.